The molecule has 1 atom stereocenters. The predicted octanol–water partition coefficient (Wildman–Crippen LogP) is 6.04. The third-order valence-electron chi connectivity index (χ3n) is 7.38. The number of rotatable bonds is 4. The van der Waals surface area contributed by atoms with E-state index in [4.69, 9.17) is 9.41 Å². The highest BCUT2D eigenvalue weighted by atomic mass is 79.9. The van der Waals surface area contributed by atoms with Crippen LogP contribution in [0.15, 0.2) is 109 Å². The smallest absolute Gasteiger partial charge is 0.336 e. The molecule has 0 spiro atoms. The number of benzene rings is 3. The van der Waals surface area contributed by atoms with Gasteiger partial charge in [-0.3, -0.25) is 9.36 Å². The number of hydrogen-bond donors (Lipinski definition) is 1. The van der Waals surface area contributed by atoms with Gasteiger partial charge >= 0.3 is 5.97 Å². The van der Waals surface area contributed by atoms with Crippen molar-refractivity contribution in [2.24, 2.45) is 4.99 Å². The predicted molar refractivity (Wildman–Crippen MR) is 158 cm³/mol. The lowest BCUT2D eigenvalue weighted by atomic mass is 9.83. The highest BCUT2D eigenvalue weighted by Gasteiger charge is 2.32. The van der Waals surface area contributed by atoms with Gasteiger partial charge in [-0.2, -0.15) is 0 Å². The molecule has 0 radical (unpaired) electrons. The minimum Gasteiger partial charge on any atom is -0.478 e. The first-order valence-electron chi connectivity index (χ1n) is 12.8. The summed E-state index contributed by atoms with van der Waals surface area (Å²) in [5, 5.41) is 9.57. The number of aromatic carboxylic acids is 1. The third-order valence-corrected chi connectivity index (χ3v) is 8.89. The van der Waals surface area contributed by atoms with Crippen molar-refractivity contribution in [3.05, 3.63) is 143 Å². The number of carboxylic acid groups (broad SMARTS) is 1. The van der Waals surface area contributed by atoms with E-state index < -0.39 is 5.97 Å². The normalized spacial score (nSPS) is 16.2. The number of fused-ring (bicyclic) bond motifs is 3. The Bertz CT molecular complexity index is 2030. The SMILES string of the molecule is O=C(O)c1ccccc1-c1ccc(C=c2sc3n(c2=O)C(c2ccc(Br)cc2)C2=C(N=3)c3ccccc3CC2)o1. The summed E-state index contributed by atoms with van der Waals surface area (Å²) in [4.78, 5) is 31.3. The van der Waals surface area contributed by atoms with Crippen molar-refractivity contribution in [2.45, 2.75) is 18.9 Å². The lowest BCUT2D eigenvalue weighted by Gasteiger charge is -2.30. The minimum atomic E-state index is -1.03. The number of furan rings is 1. The molecule has 40 heavy (non-hydrogen) atoms. The van der Waals surface area contributed by atoms with Gasteiger partial charge in [0.05, 0.1) is 21.8 Å². The highest BCUT2D eigenvalue weighted by Crippen LogP contribution is 2.41. The number of thiazole rings is 1. The van der Waals surface area contributed by atoms with Gasteiger partial charge in [0.15, 0.2) is 4.80 Å². The van der Waals surface area contributed by atoms with E-state index in [-0.39, 0.29) is 17.2 Å². The Morgan fingerprint density at radius 1 is 0.975 bits per heavy atom. The molecule has 0 fully saturated rings. The van der Waals surface area contributed by atoms with Gasteiger partial charge in [0, 0.05) is 21.7 Å². The lowest BCUT2D eigenvalue weighted by Crippen LogP contribution is -2.38. The first-order valence-corrected chi connectivity index (χ1v) is 14.4. The maximum absolute atomic E-state index is 13.9. The number of hydrogen-bond acceptors (Lipinski definition) is 5. The topological polar surface area (TPSA) is 84.8 Å². The zero-order valence-electron chi connectivity index (χ0n) is 21.0. The fourth-order valence-electron chi connectivity index (χ4n) is 5.56. The van der Waals surface area contributed by atoms with Crippen molar-refractivity contribution in [1.82, 2.24) is 4.57 Å². The molecule has 7 rings (SSSR count). The van der Waals surface area contributed by atoms with Crippen LogP contribution >= 0.6 is 27.3 Å². The molecule has 5 aromatic rings. The van der Waals surface area contributed by atoms with Gasteiger partial charge < -0.3 is 9.52 Å². The maximum atomic E-state index is 13.9. The zero-order chi connectivity index (χ0) is 27.4. The van der Waals surface area contributed by atoms with E-state index in [9.17, 15) is 14.7 Å². The van der Waals surface area contributed by atoms with Gasteiger partial charge in [0.25, 0.3) is 5.56 Å². The van der Waals surface area contributed by atoms with Crippen LogP contribution in [0.4, 0.5) is 0 Å². The van der Waals surface area contributed by atoms with Crippen LogP contribution in [0.5, 0.6) is 0 Å². The van der Waals surface area contributed by atoms with E-state index in [1.165, 1.54) is 16.9 Å². The van der Waals surface area contributed by atoms with Gasteiger partial charge in [-0.15, -0.1) is 0 Å². The largest absolute Gasteiger partial charge is 0.478 e. The number of allylic oxidation sites excluding steroid dienone is 1. The van der Waals surface area contributed by atoms with Crippen molar-refractivity contribution in [1.29, 1.82) is 0 Å². The highest BCUT2D eigenvalue weighted by molar-refractivity contribution is 9.10. The van der Waals surface area contributed by atoms with E-state index >= 15 is 0 Å². The van der Waals surface area contributed by atoms with Gasteiger partial charge in [-0.25, -0.2) is 9.79 Å². The molecule has 2 aromatic heterocycles. The lowest BCUT2D eigenvalue weighted by molar-refractivity contribution is 0.0697. The molecule has 1 aliphatic heterocycles. The van der Waals surface area contributed by atoms with Crippen LogP contribution in [-0.4, -0.2) is 15.6 Å². The number of carbonyl (C=O) groups is 1. The Morgan fingerprint density at radius 3 is 2.52 bits per heavy atom. The van der Waals surface area contributed by atoms with E-state index in [2.05, 4.69) is 46.3 Å². The van der Waals surface area contributed by atoms with Crippen LogP contribution in [-0.2, 0) is 6.42 Å². The molecule has 0 amide bonds. The molecule has 1 N–H and O–H groups in total. The second kappa shape index (κ2) is 9.73. The van der Waals surface area contributed by atoms with Crippen LogP contribution < -0.4 is 14.9 Å². The summed E-state index contributed by atoms with van der Waals surface area (Å²) in [5.74, 6) is -0.132. The average molecular weight is 610 g/mol. The Balaban J connectivity index is 1.39. The standard InChI is InChI=1S/C32H21BrN2O4S/c33-20-12-9-19(10-13-20)29-25-15-11-18-5-1-2-6-22(18)28(25)34-32-35(29)30(36)27(40-32)17-21-14-16-26(39-21)23-7-3-4-8-24(23)31(37)38/h1-10,12-14,16-17,29H,11,15H2,(H,37,38). The van der Waals surface area contributed by atoms with Crippen LogP contribution in [0.2, 0.25) is 0 Å². The van der Waals surface area contributed by atoms with Crippen LogP contribution in [0.3, 0.4) is 0 Å². The Kier molecular flexibility index (Phi) is 6.02. The van der Waals surface area contributed by atoms with E-state index in [0.29, 0.717) is 26.4 Å². The first kappa shape index (κ1) is 24.7. The number of halogens is 1. The molecular formula is C32H21BrN2O4S. The summed E-state index contributed by atoms with van der Waals surface area (Å²) in [6.45, 7) is 0. The van der Waals surface area contributed by atoms with Crippen molar-refractivity contribution >= 4 is 45.0 Å². The Morgan fingerprint density at radius 2 is 1.73 bits per heavy atom. The average Bonchev–Trinajstić information content (AvgIpc) is 3.56. The summed E-state index contributed by atoms with van der Waals surface area (Å²) in [6, 6.07) is 26.4. The number of carboxylic acids is 1. The van der Waals surface area contributed by atoms with Crippen molar-refractivity contribution in [2.75, 3.05) is 0 Å². The maximum Gasteiger partial charge on any atom is 0.336 e. The zero-order valence-corrected chi connectivity index (χ0v) is 23.4. The monoisotopic (exact) mass is 608 g/mol. The van der Waals surface area contributed by atoms with Crippen molar-refractivity contribution in [3.8, 4) is 11.3 Å². The van der Waals surface area contributed by atoms with Crippen molar-refractivity contribution in [3.63, 3.8) is 0 Å². The summed E-state index contributed by atoms with van der Waals surface area (Å²) in [7, 11) is 0. The minimum absolute atomic E-state index is 0.133. The molecule has 3 aromatic carbocycles. The fraction of sp³-hybridized carbons (Fsp3) is 0.0938. The summed E-state index contributed by atoms with van der Waals surface area (Å²) in [6.07, 6.45) is 3.44. The molecule has 0 saturated heterocycles. The molecule has 1 aliphatic carbocycles. The molecule has 0 bridgehead atoms. The molecule has 196 valence electrons. The van der Waals surface area contributed by atoms with Gasteiger partial charge in [0.1, 0.15) is 11.5 Å². The van der Waals surface area contributed by atoms with Crippen LogP contribution in [0, 0.1) is 0 Å². The molecule has 3 heterocycles. The summed E-state index contributed by atoms with van der Waals surface area (Å²) >= 11 is 4.87. The third kappa shape index (κ3) is 4.11. The summed E-state index contributed by atoms with van der Waals surface area (Å²) in [5.41, 5.74) is 6.02. The van der Waals surface area contributed by atoms with E-state index in [1.807, 2.05) is 18.2 Å². The summed E-state index contributed by atoms with van der Waals surface area (Å²) < 4.78 is 9.29. The Hall–Kier alpha value is -4.27. The molecule has 1 unspecified atom stereocenters. The first-order chi connectivity index (χ1) is 19.5. The number of nitrogens with zero attached hydrogens (tertiary/aromatic N) is 2. The Labute approximate surface area is 241 Å². The second-order valence-corrected chi connectivity index (χ2v) is 11.6. The molecule has 0 saturated carbocycles. The second-order valence-electron chi connectivity index (χ2n) is 9.72. The molecule has 8 heteroatoms. The molecular weight excluding hydrogens is 588 g/mol. The van der Waals surface area contributed by atoms with E-state index in [1.54, 1.807) is 47.0 Å². The van der Waals surface area contributed by atoms with Gasteiger partial charge in [0.2, 0.25) is 0 Å². The number of aromatic nitrogens is 1. The van der Waals surface area contributed by atoms with Crippen LogP contribution in [0.1, 0.15) is 45.3 Å². The molecule has 2 aliphatic rings. The van der Waals surface area contributed by atoms with E-state index in [0.717, 1.165) is 39.7 Å². The number of aryl methyl sites for hydroxylation is 1. The molecule has 6 nitrogen and oxygen atoms in total. The van der Waals surface area contributed by atoms with Crippen LogP contribution in [0.25, 0.3) is 23.1 Å². The van der Waals surface area contributed by atoms with Crippen molar-refractivity contribution < 1.29 is 14.3 Å². The van der Waals surface area contributed by atoms with Gasteiger partial charge in [-0.05, 0) is 59.9 Å². The quantitative estimate of drug-likeness (QED) is 0.269. The van der Waals surface area contributed by atoms with Gasteiger partial charge in [-0.1, -0.05) is 81.9 Å². The fourth-order valence-corrected chi connectivity index (χ4v) is 6.80.